The minimum atomic E-state index is -0.297. The Bertz CT molecular complexity index is 855. The van der Waals surface area contributed by atoms with Crippen molar-refractivity contribution in [2.45, 2.75) is 0 Å². The van der Waals surface area contributed by atoms with Gasteiger partial charge in [-0.15, -0.1) is 0 Å². The number of nitrogens with zero attached hydrogens (tertiary/aromatic N) is 1. The number of ether oxygens (including phenoxy) is 3. The number of para-hydroxylation sites is 1. The number of hydrogen-bond donors (Lipinski definition) is 2. The summed E-state index contributed by atoms with van der Waals surface area (Å²) in [6.07, 6.45) is 0. The van der Waals surface area contributed by atoms with Crippen LogP contribution in [0.2, 0.25) is 0 Å². The molecule has 8 heteroatoms. The van der Waals surface area contributed by atoms with Crippen LogP contribution in [0, 0.1) is 0 Å². The molecule has 25 heavy (non-hydrogen) atoms. The number of benzene rings is 2. The number of hydrogen-bond acceptors (Lipinski definition) is 7. The molecule has 2 N–H and O–H groups in total. The largest absolute Gasteiger partial charge is 0.486 e. The molecule has 4 rings (SSSR count). The van der Waals surface area contributed by atoms with Crippen LogP contribution in [-0.4, -0.2) is 30.7 Å². The van der Waals surface area contributed by atoms with E-state index in [1.165, 1.54) is 11.3 Å². The van der Waals surface area contributed by atoms with Crippen molar-refractivity contribution in [3.05, 3.63) is 42.5 Å². The summed E-state index contributed by atoms with van der Waals surface area (Å²) < 4.78 is 17.4. The van der Waals surface area contributed by atoms with E-state index in [9.17, 15) is 4.79 Å². The average Bonchev–Trinajstić information content (AvgIpc) is 3.05. The fourth-order valence-corrected chi connectivity index (χ4v) is 3.17. The molecule has 0 saturated carbocycles. The van der Waals surface area contributed by atoms with Crippen LogP contribution >= 0.6 is 11.3 Å². The van der Waals surface area contributed by atoms with Crippen LogP contribution in [0.25, 0.3) is 10.2 Å². The van der Waals surface area contributed by atoms with E-state index in [1.54, 1.807) is 12.1 Å². The predicted molar refractivity (Wildman–Crippen MR) is 94.3 cm³/mol. The summed E-state index contributed by atoms with van der Waals surface area (Å²) in [7, 11) is 0. The van der Waals surface area contributed by atoms with Gasteiger partial charge in [-0.3, -0.25) is 15.6 Å². The highest BCUT2D eigenvalue weighted by Gasteiger charge is 2.15. The molecule has 3 aromatic rings. The first-order valence-electron chi connectivity index (χ1n) is 7.71. The molecule has 0 spiro atoms. The third-order valence-corrected chi connectivity index (χ3v) is 4.41. The molecule has 1 aliphatic heterocycles. The van der Waals surface area contributed by atoms with E-state index in [1.807, 2.05) is 30.3 Å². The lowest BCUT2D eigenvalue weighted by Crippen LogP contribution is -2.33. The van der Waals surface area contributed by atoms with Crippen LogP contribution < -0.4 is 25.1 Å². The fraction of sp³-hybridized carbons (Fsp3) is 0.176. The normalized spacial score (nSPS) is 12.6. The molecule has 128 valence electrons. The van der Waals surface area contributed by atoms with Crippen LogP contribution in [0.15, 0.2) is 42.5 Å². The Balaban J connectivity index is 1.36. The third-order valence-electron chi connectivity index (χ3n) is 3.47. The van der Waals surface area contributed by atoms with Gasteiger partial charge < -0.3 is 14.2 Å². The first-order chi connectivity index (χ1) is 12.3. The minimum absolute atomic E-state index is 0.0854. The van der Waals surface area contributed by atoms with Gasteiger partial charge in [0.15, 0.2) is 18.1 Å². The lowest BCUT2D eigenvalue weighted by atomic mass is 10.3. The summed E-state index contributed by atoms with van der Waals surface area (Å²) >= 11 is 1.41. The second kappa shape index (κ2) is 6.86. The Morgan fingerprint density at radius 2 is 1.92 bits per heavy atom. The molecule has 0 unspecified atom stereocenters. The van der Waals surface area contributed by atoms with Crippen LogP contribution in [-0.2, 0) is 4.79 Å². The Labute approximate surface area is 147 Å². The zero-order valence-corrected chi connectivity index (χ0v) is 14.0. The number of carbonyl (C=O) groups is 1. The van der Waals surface area contributed by atoms with Crippen molar-refractivity contribution in [1.82, 2.24) is 10.4 Å². The summed E-state index contributed by atoms with van der Waals surface area (Å²) in [5.74, 6) is 1.75. The number of fused-ring (bicyclic) bond motifs is 2. The number of hydrazine groups is 1. The minimum Gasteiger partial charge on any atom is -0.486 e. The Kier molecular flexibility index (Phi) is 4.26. The number of anilines is 1. The summed E-state index contributed by atoms with van der Waals surface area (Å²) in [5.41, 5.74) is 6.16. The van der Waals surface area contributed by atoms with Crippen molar-refractivity contribution in [3.63, 3.8) is 0 Å². The van der Waals surface area contributed by atoms with E-state index in [0.717, 1.165) is 10.2 Å². The topological polar surface area (TPSA) is 81.7 Å². The molecule has 2 aromatic carbocycles. The van der Waals surface area contributed by atoms with Crippen molar-refractivity contribution in [2.75, 3.05) is 25.2 Å². The first-order valence-corrected chi connectivity index (χ1v) is 8.52. The predicted octanol–water partition coefficient (Wildman–Crippen LogP) is 2.59. The number of nitrogens with one attached hydrogen (secondary N) is 2. The first kappa shape index (κ1) is 15.5. The number of carbonyl (C=O) groups excluding carboxylic acids is 1. The highest BCUT2D eigenvalue weighted by Crippen LogP contribution is 2.37. The number of thiazole rings is 1. The van der Waals surface area contributed by atoms with Crippen LogP contribution in [0.5, 0.6) is 17.2 Å². The van der Waals surface area contributed by atoms with E-state index in [0.29, 0.717) is 35.6 Å². The second-order valence-corrected chi connectivity index (χ2v) is 6.29. The molecule has 7 nitrogen and oxygen atoms in total. The van der Waals surface area contributed by atoms with Crippen LogP contribution in [0.1, 0.15) is 0 Å². The highest BCUT2D eigenvalue weighted by molar-refractivity contribution is 7.22. The van der Waals surface area contributed by atoms with Crippen LogP contribution in [0.3, 0.4) is 0 Å². The summed E-state index contributed by atoms with van der Waals surface area (Å²) in [5, 5.41) is 0.574. The summed E-state index contributed by atoms with van der Waals surface area (Å²) in [6, 6.07) is 12.9. The third kappa shape index (κ3) is 3.58. The fourth-order valence-electron chi connectivity index (χ4n) is 2.34. The average molecular weight is 357 g/mol. The number of amides is 1. The lowest BCUT2D eigenvalue weighted by Gasteiger charge is -2.17. The zero-order chi connectivity index (χ0) is 17.1. The molecule has 0 atom stereocenters. The number of aromatic nitrogens is 1. The van der Waals surface area contributed by atoms with E-state index in [4.69, 9.17) is 14.2 Å². The second-order valence-electron chi connectivity index (χ2n) is 5.26. The van der Waals surface area contributed by atoms with Crippen molar-refractivity contribution >= 4 is 32.6 Å². The molecular formula is C17H15N3O4S. The van der Waals surface area contributed by atoms with Crippen molar-refractivity contribution in [1.29, 1.82) is 0 Å². The van der Waals surface area contributed by atoms with E-state index in [2.05, 4.69) is 15.8 Å². The van der Waals surface area contributed by atoms with Gasteiger partial charge in [0.2, 0.25) is 5.13 Å². The smallest absolute Gasteiger partial charge is 0.276 e. The van der Waals surface area contributed by atoms with Crippen LogP contribution in [0.4, 0.5) is 5.13 Å². The van der Waals surface area contributed by atoms with Gasteiger partial charge in [-0.1, -0.05) is 29.5 Å². The maximum atomic E-state index is 11.9. The molecule has 0 aliphatic carbocycles. The Hall–Kier alpha value is -3.00. The SMILES string of the molecule is O=C(COc1ccccc1)NNc1nc2cc3c(cc2s1)OCCO3. The molecule has 2 heterocycles. The van der Waals surface area contributed by atoms with Gasteiger partial charge in [-0.2, -0.15) is 0 Å². The van der Waals surface area contributed by atoms with Gasteiger partial charge in [0.25, 0.3) is 5.91 Å². The Morgan fingerprint density at radius 3 is 2.72 bits per heavy atom. The summed E-state index contributed by atoms with van der Waals surface area (Å²) in [6.45, 7) is 0.989. The maximum absolute atomic E-state index is 11.9. The molecule has 0 bridgehead atoms. The highest BCUT2D eigenvalue weighted by atomic mass is 32.1. The van der Waals surface area contributed by atoms with Crippen molar-refractivity contribution in [2.24, 2.45) is 0 Å². The molecular weight excluding hydrogens is 342 g/mol. The van der Waals surface area contributed by atoms with Gasteiger partial charge in [-0.25, -0.2) is 4.98 Å². The molecule has 0 fully saturated rings. The molecule has 0 saturated heterocycles. The van der Waals surface area contributed by atoms with Crippen molar-refractivity contribution < 1.29 is 19.0 Å². The zero-order valence-electron chi connectivity index (χ0n) is 13.2. The quantitative estimate of drug-likeness (QED) is 0.683. The Morgan fingerprint density at radius 1 is 1.16 bits per heavy atom. The molecule has 1 amide bonds. The monoisotopic (exact) mass is 357 g/mol. The maximum Gasteiger partial charge on any atom is 0.276 e. The van der Waals surface area contributed by atoms with Gasteiger partial charge in [0.1, 0.15) is 19.0 Å². The van der Waals surface area contributed by atoms with Crippen molar-refractivity contribution in [3.8, 4) is 17.2 Å². The van der Waals surface area contributed by atoms with E-state index >= 15 is 0 Å². The van der Waals surface area contributed by atoms with Gasteiger partial charge in [0, 0.05) is 12.1 Å². The van der Waals surface area contributed by atoms with E-state index in [-0.39, 0.29) is 12.5 Å². The van der Waals surface area contributed by atoms with Gasteiger partial charge in [-0.05, 0) is 12.1 Å². The van der Waals surface area contributed by atoms with E-state index < -0.39 is 0 Å². The summed E-state index contributed by atoms with van der Waals surface area (Å²) in [4.78, 5) is 16.3. The standard InChI is InChI=1S/C17H15N3O4S/c21-16(10-24-11-4-2-1-3-5-11)19-20-17-18-12-8-13-14(9-15(12)25-17)23-7-6-22-13/h1-5,8-9H,6-7,10H2,(H,18,20)(H,19,21). The molecule has 1 aromatic heterocycles. The lowest BCUT2D eigenvalue weighted by molar-refractivity contribution is -0.122. The van der Waals surface area contributed by atoms with Gasteiger partial charge in [0.05, 0.1) is 10.2 Å². The van der Waals surface area contributed by atoms with Gasteiger partial charge >= 0.3 is 0 Å². The molecule has 1 aliphatic rings. The molecule has 0 radical (unpaired) electrons. The number of rotatable bonds is 5.